The lowest BCUT2D eigenvalue weighted by Gasteiger charge is -2.35. The molecule has 4 heterocycles. The molecule has 3 aliphatic rings. The molecular weight excluding hydrogens is 540 g/mol. The summed E-state index contributed by atoms with van der Waals surface area (Å²) in [6, 6.07) is 5.60. The Morgan fingerprint density at radius 1 is 1.02 bits per heavy atom. The molecule has 2 aliphatic heterocycles. The van der Waals surface area contributed by atoms with Crippen molar-refractivity contribution < 1.29 is 23.0 Å². The maximum atomic E-state index is 14.3. The van der Waals surface area contributed by atoms with Crippen LogP contribution in [0.25, 0.3) is 11.4 Å². The second kappa shape index (κ2) is 13.2. The number of piperidine rings is 1. The van der Waals surface area contributed by atoms with Crippen LogP contribution in [0.4, 0.5) is 14.6 Å². The summed E-state index contributed by atoms with van der Waals surface area (Å²) >= 11 is 0. The maximum absolute atomic E-state index is 14.3. The van der Waals surface area contributed by atoms with Crippen molar-refractivity contribution >= 4 is 11.7 Å². The van der Waals surface area contributed by atoms with Crippen molar-refractivity contribution in [1.29, 1.82) is 0 Å². The molecule has 42 heavy (non-hydrogen) atoms. The second-order valence-electron chi connectivity index (χ2n) is 11.7. The fourth-order valence-corrected chi connectivity index (χ4v) is 5.15. The van der Waals surface area contributed by atoms with E-state index >= 15 is 0 Å². The average molecular weight is 584 g/mol. The number of carbonyl (C=O) groups is 1. The van der Waals surface area contributed by atoms with E-state index in [9.17, 15) is 13.6 Å². The molecule has 10 heteroatoms. The fraction of sp³-hybridized carbons (Fsp3) is 0.562. The van der Waals surface area contributed by atoms with E-state index in [2.05, 4.69) is 4.90 Å². The van der Waals surface area contributed by atoms with E-state index in [0.29, 0.717) is 62.7 Å². The number of amides is 1. The highest BCUT2D eigenvalue weighted by Gasteiger charge is 2.31. The minimum Gasteiger partial charge on any atom is -0.488 e. The average Bonchev–Trinajstić information content (AvgIpc) is 2.95. The van der Waals surface area contributed by atoms with Gasteiger partial charge in [0.1, 0.15) is 23.6 Å². The third-order valence-corrected chi connectivity index (χ3v) is 7.31. The molecule has 1 fully saturated rings. The summed E-state index contributed by atoms with van der Waals surface area (Å²) in [6.07, 6.45) is 2.92. The van der Waals surface area contributed by atoms with E-state index in [1.165, 1.54) is 6.08 Å². The lowest BCUT2D eigenvalue weighted by Crippen LogP contribution is -2.39. The van der Waals surface area contributed by atoms with E-state index in [-0.39, 0.29) is 17.8 Å². The van der Waals surface area contributed by atoms with Gasteiger partial charge in [-0.2, -0.15) is 0 Å². The summed E-state index contributed by atoms with van der Waals surface area (Å²) in [5.74, 6) is 0.296. The van der Waals surface area contributed by atoms with Crippen molar-refractivity contribution in [3.8, 4) is 17.3 Å². The summed E-state index contributed by atoms with van der Waals surface area (Å²) < 4.78 is 40.1. The molecule has 1 aliphatic carbocycles. The predicted molar refractivity (Wildman–Crippen MR) is 159 cm³/mol. The molecule has 0 radical (unpaired) electrons. The summed E-state index contributed by atoms with van der Waals surface area (Å²) in [5, 5.41) is 0. The number of rotatable bonds is 5. The molecule has 2 atom stereocenters. The Morgan fingerprint density at radius 2 is 1.74 bits per heavy atom. The molecule has 0 bridgehead atoms. The number of alkyl halides is 1. The molecule has 1 unspecified atom stereocenters. The number of hydrogen-bond donors (Lipinski definition) is 0. The standard InChI is InChI=1S/C30H37F2N5O3.C2H6/c1-18-15-26(22(32)16-21(18)31)39-20-9-12-36(13-10-20)29-28(24-7-6-8-27(33-24)40-30(3,4)5)34-25-17-37(19(2)38)14-11-23(25)35-29;1-2/h6-8,15-16,18,20-21H,9-14,17H2,1-5H3;1-2H3/t18?,21-;/m0./s1. The van der Waals surface area contributed by atoms with Crippen molar-refractivity contribution in [2.75, 3.05) is 24.5 Å². The first-order valence-corrected chi connectivity index (χ1v) is 14.9. The molecule has 0 saturated carbocycles. The quantitative estimate of drug-likeness (QED) is 0.405. The van der Waals surface area contributed by atoms with Gasteiger partial charge in [0, 0.05) is 57.8 Å². The number of nitrogens with zero attached hydrogens (tertiary/aromatic N) is 5. The van der Waals surface area contributed by atoms with Crippen LogP contribution in [0.5, 0.6) is 5.88 Å². The molecular formula is C32H43F2N5O3. The van der Waals surface area contributed by atoms with E-state index in [1.54, 1.807) is 18.7 Å². The second-order valence-corrected chi connectivity index (χ2v) is 11.7. The monoisotopic (exact) mass is 583 g/mol. The normalized spacial score (nSPS) is 21.0. The largest absolute Gasteiger partial charge is 0.488 e. The number of hydrogen-bond acceptors (Lipinski definition) is 7. The zero-order valence-corrected chi connectivity index (χ0v) is 25.8. The van der Waals surface area contributed by atoms with Crippen molar-refractivity contribution in [2.24, 2.45) is 5.92 Å². The zero-order chi connectivity index (χ0) is 30.6. The van der Waals surface area contributed by atoms with Gasteiger partial charge < -0.3 is 19.3 Å². The van der Waals surface area contributed by atoms with Crippen molar-refractivity contribution in [3.63, 3.8) is 0 Å². The Labute approximate surface area is 247 Å². The van der Waals surface area contributed by atoms with Gasteiger partial charge in [0.05, 0.1) is 23.6 Å². The number of aromatic nitrogens is 3. The Bertz CT molecular complexity index is 1330. The molecule has 1 saturated heterocycles. The molecule has 0 N–H and O–H groups in total. The smallest absolute Gasteiger partial charge is 0.219 e. The van der Waals surface area contributed by atoms with E-state index in [0.717, 1.165) is 23.3 Å². The van der Waals surface area contributed by atoms with Crippen LogP contribution < -0.4 is 9.64 Å². The Morgan fingerprint density at radius 3 is 2.40 bits per heavy atom. The lowest BCUT2D eigenvalue weighted by molar-refractivity contribution is -0.129. The molecule has 228 valence electrons. The van der Waals surface area contributed by atoms with Crippen LogP contribution in [0.3, 0.4) is 0 Å². The molecule has 5 rings (SSSR count). The number of pyridine rings is 1. The maximum Gasteiger partial charge on any atom is 0.219 e. The number of fused-ring (bicyclic) bond motifs is 1. The summed E-state index contributed by atoms with van der Waals surface area (Å²) in [5.41, 5.74) is 2.51. The minimum atomic E-state index is -1.33. The number of anilines is 1. The van der Waals surface area contributed by atoms with Crippen LogP contribution in [-0.4, -0.2) is 63.3 Å². The lowest BCUT2D eigenvalue weighted by atomic mass is 9.99. The third-order valence-electron chi connectivity index (χ3n) is 7.31. The van der Waals surface area contributed by atoms with Gasteiger partial charge in [-0.1, -0.05) is 26.8 Å². The van der Waals surface area contributed by atoms with E-state index < -0.39 is 23.5 Å². The minimum absolute atomic E-state index is 0.00893. The van der Waals surface area contributed by atoms with Gasteiger partial charge in [-0.05, 0) is 39.0 Å². The first kappa shape index (κ1) is 31.4. The number of carbonyl (C=O) groups excluding carboxylic acids is 1. The van der Waals surface area contributed by atoms with Crippen LogP contribution in [0.2, 0.25) is 0 Å². The highest BCUT2D eigenvalue weighted by molar-refractivity contribution is 5.74. The Balaban J connectivity index is 0.00000198. The van der Waals surface area contributed by atoms with Gasteiger partial charge in [0.25, 0.3) is 0 Å². The van der Waals surface area contributed by atoms with Crippen LogP contribution in [0.15, 0.2) is 41.9 Å². The molecule has 2 aromatic heterocycles. The van der Waals surface area contributed by atoms with Gasteiger partial charge in [0.15, 0.2) is 17.4 Å². The topological polar surface area (TPSA) is 80.7 Å². The number of halogens is 2. The van der Waals surface area contributed by atoms with E-state index in [4.69, 9.17) is 24.4 Å². The molecule has 2 aromatic rings. The summed E-state index contributed by atoms with van der Waals surface area (Å²) in [4.78, 5) is 30.8. The highest BCUT2D eigenvalue weighted by atomic mass is 19.1. The van der Waals surface area contributed by atoms with Crippen LogP contribution in [-0.2, 0) is 22.5 Å². The molecule has 8 nitrogen and oxygen atoms in total. The first-order valence-electron chi connectivity index (χ1n) is 14.9. The van der Waals surface area contributed by atoms with Gasteiger partial charge in [-0.25, -0.2) is 23.7 Å². The zero-order valence-electron chi connectivity index (χ0n) is 25.8. The van der Waals surface area contributed by atoms with Crippen molar-refractivity contribution in [1.82, 2.24) is 19.9 Å². The van der Waals surface area contributed by atoms with E-state index in [1.807, 2.05) is 52.8 Å². The van der Waals surface area contributed by atoms with Gasteiger partial charge in [0.2, 0.25) is 11.8 Å². The Hall–Kier alpha value is -3.56. The van der Waals surface area contributed by atoms with Gasteiger partial charge in [-0.3, -0.25) is 4.79 Å². The van der Waals surface area contributed by atoms with Crippen LogP contribution in [0.1, 0.15) is 72.7 Å². The fourth-order valence-electron chi connectivity index (χ4n) is 5.15. The number of ether oxygens (including phenoxy) is 2. The summed E-state index contributed by atoms with van der Waals surface area (Å²) in [6.45, 7) is 15.4. The third kappa shape index (κ3) is 7.44. The van der Waals surface area contributed by atoms with Gasteiger partial charge in [-0.15, -0.1) is 0 Å². The molecule has 0 aromatic carbocycles. The molecule has 0 spiro atoms. The SMILES string of the molecule is CC.CC(=O)N1CCc2nc(N3CCC(OC4=CC(C)[C@@H](F)C=C4F)CC3)c(-c3cccc(OC(C)(C)C)n3)nc2C1. The predicted octanol–water partition coefficient (Wildman–Crippen LogP) is 6.36. The van der Waals surface area contributed by atoms with Gasteiger partial charge >= 0.3 is 0 Å². The Kier molecular flexibility index (Phi) is 9.84. The molecule has 1 amide bonds. The summed E-state index contributed by atoms with van der Waals surface area (Å²) in [7, 11) is 0. The van der Waals surface area contributed by atoms with Crippen molar-refractivity contribution in [2.45, 2.75) is 92.2 Å². The van der Waals surface area contributed by atoms with Crippen LogP contribution in [0, 0.1) is 5.92 Å². The highest BCUT2D eigenvalue weighted by Crippen LogP contribution is 2.34. The number of allylic oxidation sites excluding steroid dienone is 3. The van der Waals surface area contributed by atoms with Crippen molar-refractivity contribution in [3.05, 3.63) is 53.3 Å². The first-order chi connectivity index (χ1) is 20.0. The van der Waals surface area contributed by atoms with Crippen LogP contribution >= 0.6 is 0 Å².